The highest BCUT2D eigenvalue weighted by atomic mass is 16.8. The van der Waals surface area contributed by atoms with E-state index < -0.39 is 224 Å². The zero-order valence-electron chi connectivity index (χ0n) is 35.3. The van der Waals surface area contributed by atoms with Gasteiger partial charge in [0.2, 0.25) is 11.6 Å². The van der Waals surface area contributed by atoms with Crippen LogP contribution < -0.4 is 0 Å². The summed E-state index contributed by atoms with van der Waals surface area (Å²) in [7, 11) is 0. The van der Waals surface area contributed by atoms with E-state index >= 15 is 0 Å². The molecule has 21 N–H and O–H groups in total. The van der Waals surface area contributed by atoms with Crippen LogP contribution >= 0.6 is 0 Å². The molecule has 0 aromatic rings. The van der Waals surface area contributed by atoms with E-state index in [9.17, 15) is 107 Å². The first-order valence-corrected chi connectivity index (χ1v) is 21.0. The molecular weight excluding hydrogens is 928 g/mol. The van der Waals surface area contributed by atoms with Crippen LogP contribution in [-0.2, 0) is 47.4 Å². The van der Waals surface area contributed by atoms with Gasteiger partial charge in [0.15, 0.2) is 18.9 Å². The summed E-state index contributed by atoms with van der Waals surface area (Å²) in [5, 5.41) is 218. The molecule has 5 heterocycles. The fraction of sp³-hybridized carbons (Fsp3) is 1.00. The standard InChI is InChI=1S/C36H64O31/c37-1-12-19(45)24(50)27(53)32(63-12)58-4-10(41)17(43)18(44)11(42)5-61-36(31(57)23(49)16(67-36)7-60-34-29(55)26(52)21(47)14(3-39)65-34)9-62-35(8-40)30(56)22(48)15(66-35)6-59-33-28(54)25(51)20(46)13(2-38)64-33/h10-34,37-57H,1-9H2/t10-,11?,12?,13?,14?,15-,16-,17-,18-,19-,20+,21+,22+,23+,24?,25+,26+,27-,28?,29?,30?,31?,32+,33-,34-,35+,36+/m1/s1. The third-order valence-electron chi connectivity index (χ3n) is 12.2. The molecule has 5 fully saturated rings. The highest BCUT2D eigenvalue weighted by molar-refractivity contribution is 5.02. The largest absolute Gasteiger partial charge is 0.394 e. The molecular formula is C36H64O31. The highest BCUT2D eigenvalue weighted by Crippen LogP contribution is 2.39. The Bertz CT molecular complexity index is 1490. The van der Waals surface area contributed by atoms with Gasteiger partial charge < -0.3 is 155 Å². The van der Waals surface area contributed by atoms with Crippen LogP contribution in [0.1, 0.15) is 0 Å². The summed E-state index contributed by atoms with van der Waals surface area (Å²) < 4.78 is 54.4. The Kier molecular flexibility index (Phi) is 20.3. The Balaban J connectivity index is 1.29. The van der Waals surface area contributed by atoms with E-state index in [1.54, 1.807) is 0 Å². The maximum atomic E-state index is 11.4. The molecule has 0 amide bonds. The van der Waals surface area contributed by atoms with Crippen molar-refractivity contribution in [2.24, 2.45) is 0 Å². The van der Waals surface area contributed by atoms with Crippen LogP contribution in [0.25, 0.3) is 0 Å². The fourth-order valence-electron chi connectivity index (χ4n) is 7.85. The van der Waals surface area contributed by atoms with Gasteiger partial charge in [0.05, 0.1) is 46.2 Å². The monoisotopic (exact) mass is 992 g/mol. The van der Waals surface area contributed by atoms with Crippen LogP contribution in [-0.4, -0.2) is 331 Å². The van der Waals surface area contributed by atoms with E-state index in [4.69, 9.17) is 47.4 Å². The van der Waals surface area contributed by atoms with Crippen LogP contribution in [0.15, 0.2) is 0 Å². The lowest BCUT2D eigenvalue weighted by Gasteiger charge is -2.40. The molecule has 0 radical (unpaired) electrons. The molecule has 0 bridgehead atoms. The summed E-state index contributed by atoms with van der Waals surface area (Å²) in [4.78, 5) is 0. The molecule has 31 nitrogen and oxygen atoms in total. The molecule has 5 rings (SSSR count). The minimum Gasteiger partial charge on any atom is -0.394 e. The highest BCUT2D eigenvalue weighted by Gasteiger charge is 2.61. The molecule has 0 spiro atoms. The van der Waals surface area contributed by atoms with E-state index in [0.29, 0.717) is 0 Å². The third kappa shape index (κ3) is 12.0. The van der Waals surface area contributed by atoms with Crippen LogP contribution in [0.3, 0.4) is 0 Å². The van der Waals surface area contributed by atoms with Crippen LogP contribution in [0.4, 0.5) is 0 Å². The maximum Gasteiger partial charge on any atom is 0.222 e. The topological polar surface area (TPSA) is 517 Å². The first-order chi connectivity index (χ1) is 31.5. The van der Waals surface area contributed by atoms with E-state index in [1.165, 1.54) is 0 Å². The van der Waals surface area contributed by atoms with Gasteiger partial charge in [-0.2, -0.15) is 0 Å². The van der Waals surface area contributed by atoms with E-state index in [0.717, 1.165) is 0 Å². The Morgan fingerprint density at radius 2 is 0.746 bits per heavy atom. The second-order valence-electron chi connectivity index (χ2n) is 16.8. The lowest BCUT2D eigenvalue weighted by Crippen LogP contribution is -2.59. The third-order valence-corrected chi connectivity index (χ3v) is 12.2. The van der Waals surface area contributed by atoms with Crippen molar-refractivity contribution < 1.29 is 155 Å². The summed E-state index contributed by atoms with van der Waals surface area (Å²) >= 11 is 0. The van der Waals surface area contributed by atoms with E-state index in [-0.39, 0.29) is 0 Å². The Hall–Kier alpha value is -1.24. The molecule has 67 heavy (non-hydrogen) atoms. The minimum absolute atomic E-state index is 0.797. The summed E-state index contributed by atoms with van der Waals surface area (Å²) in [6, 6.07) is 0. The number of aliphatic hydroxyl groups is 21. The first-order valence-electron chi connectivity index (χ1n) is 21.0. The Morgan fingerprint density at radius 3 is 1.13 bits per heavy atom. The number of ether oxygens (including phenoxy) is 10. The SMILES string of the molecule is OCC1O[C@H](OC[C@@H](O)[C@@H](O)[C@H](O)C(O)CO[C@@]2(CO[C@@]3(CO)O[C@H](CO[C@@H]4OC(CO)[C@H](O)[C@H](O)C4O)[C@H](O)C3O)O[C@H](CO[C@@H]3OC(CO)[C@H](O)[C@H](O)C3O)[C@H](O)C2O)[C@H](O)C(O)[C@@H]1O. The normalized spacial score (nSPS) is 48.0. The number of aliphatic hydroxyl groups excluding tert-OH is 21. The summed E-state index contributed by atoms with van der Waals surface area (Å²) in [5.41, 5.74) is 0. The average molecular weight is 993 g/mol. The molecule has 5 aliphatic rings. The van der Waals surface area contributed by atoms with Gasteiger partial charge in [-0.1, -0.05) is 0 Å². The molecule has 27 atom stereocenters. The van der Waals surface area contributed by atoms with Crippen molar-refractivity contribution in [1.29, 1.82) is 0 Å². The molecule has 0 aromatic carbocycles. The predicted octanol–water partition coefficient (Wildman–Crippen LogP) is -14.5. The number of hydrogen-bond donors (Lipinski definition) is 21. The average Bonchev–Trinajstić information content (AvgIpc) is 3.71. The van der Waals surface area contributed by atoms with Gasteiger partial charge in [-0.05, 0) is 0 Å². The van der Waals surface area contributed by atoms with Gasteiger partial charge in [0.25, 0.3) is 0 Å². The van der Waals surface area contributed by atoms with Crippen molar-refractivity contribution in [3.8, 4) is 0 Å². The van der Waals surface area contributed by atoms with Crippen LogP contribution in [0.5, 0.6) is 0 Å². The zero-order valence-corrected chi connectivity index (χ0v) is 35.3. The lowest BCUT2D eigenvalue weighted by atomic mass is 9.99. The first kappa shape index (κ1) is 56.7. The van der Waals surface area contributed by atoms with E-state index in [2.05, 4.69) is 0 Å². The van der Waals surface area contributed by atoms with E-state index in [1.807, 2.05) is 0 Å². The summed E-state index contributed by atoms with van der Waals surface area (Å²) in [6.45, 7) is -8.89. The molecule has 5 saturated heterocycles. The summed E-state index contributed by atoms with van der Waals surface area (Å²) in [6.07, 6.45) is -47.3. The van der Waals surface area contributed by atoms with Crippen molar-refractivity contribution in [2.45, 2.75) is 165 Å². The van der Waals surface area contributed by atoms with Crippen molar-refractivity contribution in [1.82, 2.24) is 0 Å². The smallest absolute Gasteiger partial charge is 0.222 e. The second-order valence-corrected chi connectivity index (χ2v) is 16.8. The van der Waals surface area contributed by atoms with Crippen LogP contribution in [0, 0.1) is 0 Å². The van der Waals surface area contributed by atoms with Crippen molar-refractivity contribution in [2.75, 3.05) is 59.5 Å². The van der Waals surface area contributed by atoms with Crippen molar-refractivity contribution in [3.05, 3.63) is 0 Å². The molecule has 0 saturated carbocycles. The molecule has 5 aliphatic heterocycles. The van der Waals surface area contributed by atoms with Crippen molar-refractivity contribution in [3.63, 3.8) is 0 Å². The second kappa shape index (κ2) is 24.0. The van der Waals surface area contributed by atoms with Gasteiger partial charge in [0.1, 0.15) is 148 Å². The quantitative estimate of drug-likeness (QED) is 0.0479. The van der Waals surface area contributed by atoms with Crippen LogP contribution in [0.2, 0.25) is 0 Å². The molecule has 0 aliphatic carbocycles. The van der Waals surface area contributed by atoms with Gasteiger partial charge >= 0.3 is 0 Å². The molecule has 31 heteroatoms. The fourth-order valence-corrected chi connectivity index (χ4v) is 7.85. The number of hydrogen-bond acceptors (Lipinski definition) is 31. The van der Waals surface area contributed by atoms with Gasteiger partial charge in [-0.3, -0.25) is 0 Å². The minimum atomic E-state index is -2.81. The van der Waals surface area contributed by atoms with Gasteiger partial charge in [0, 0.05) is 0 Å². The molecule has 394 valence electrons. The number of rotatable bonds is 22. The van der Waals surface area contributed by atoms with Gasteiger partial charge in [-0.25, -0.2) is 0 Å². The molecule has 9 unspecified atom stereocenters. The Labute approximate surface area is 378 Å². The maximum absolute atomic E-state index is 11.4. The lowest BCUT2D eigenvalue weighted by molar-refractivity contribution is -0.349. The van der Waals surface area contributed by atoms with Crippen molar-refractivity contribution >= 4 is 0 Å². The van der Waals surface area contributed by atoms with Gasteiger partial charge in [-0.15, -0.1) is 0 Å². The zero-order chi connectivity index (χ0) is 49.9. The summed E-state index contributed by atoms with van der Waals surface area (Å²) in [5.74, 6) is -5.50. The molecule has 0 aromatic heterocycles. The predicted molar refractivity (Wildman–Crippen MR) is 201 cm³/mol. The Morgan fingerprint density at radius 1 is 0.388 bits per heavy atom.